The maximum Gasteiger partial charge on any atom is 0.112 e. The van der Waals surface area contributed by atoms with E-state index in [0.717, 1.165) is 24.5 Å². The number of rotatable bonds is 4. The van der Waals surface area contributed by atoms with Crippen molar-refractivity contribution in [2.45, 2.75) is 19.9 Å². The van der Waals surface area contributed by atoms with E-state index in [0.29, 0.717) is 0 Å². The highest BCUT2D eigenvalue weighted by Gasteiger charge is 2.03. The van der Waals surface area contributed by atoms with Gasteiger partial charge in [0.2, 0.25) is 0 Å². The Hall–Kier alpha value is -1.68. The van der Waals surface area contributed by atoms with Crippen molar-refractivity contribution < 1.29 is 0 Å². The van der Waals surface area contributed by atoms with Crippen LogP contribution in [0.2, 0.25) is 0 Å². The molecule has 4 nitrogen and oxygen atoms in total. The van der Waals surface area contributed by atoms with E-state index in [4.69, 9.17) is 0 Å². The molecule has 0 bridgehead atoms. The quantitative estimate of drug-likeness (QED) is 0.843. The van der Waals surface area contributed by atoms with E-state index in [-0.39, 0.29) is 0 Å². The lowest BCUT2D eigenvalue weighted by atomic mass is 10.2. The van der Waals surface area contributed by atoms with Gasteiger partial charge in [-0.2, -0.15) is 0 Å². The van der Waals surface area contributed by atoms with Crippen LogP contribution >= 0.6 is 0 Å². The average Bonchev–Trinajstić information content (AvgIpc) is 2.78. The summed E-state index contributed by atoms with van der Waals surface area (Å²) in [6.07, 6.45) is 8.45. The van der Waals surface area contributed by atoms with E-state index in [1.807, 2.05) is 31.8 Å². The van der Waals surface area contributed by atoms with Crippen LogP contribution in [0.5, 0.6) is 0 Å². The molecule has 0 aliphatic rings. The lowest BCUT2D eigenvalue weighted by Crippen LogP contribution is -2.07. The SMILES string of the molecule is CCc1nccn1-c1cncc(CNC)c1. The fourth-order valence-electron chi connectivity index (χ4n) is 1.74. The van der Waals surface area contributed by atoms with Crippen LogP contribution in [-0.2, 0) is 13.0 Å². The number of hydrogen-bond acceptors (Lipinski definition) is 3. The van der Waals surface area contributed by atoms with Crippen molar-refractivity contribution in [3.63, 3.8) is 0 Å². The van der Waals surface area contributed by atoms with Gasteiger partial charge in [-0.3, -0.25) is 4.98 Å². The number of hydrogen-bond donors (Lipinski definition) is 1. The Morgan fingerprint density at radius 2 is 2.25 bits per heavy atom. The summed E-state index contributed by atoms with van der Waals surface area (Å²) in [4.78, 5) is 8.55. The molecule has 0 radical (unpaired) electrons. The Morgan fingerprint density at radius 3 is 3.00 bits per heavy atom. The van der Waals surface area contributed by atoms with Crippen LogP contribution in [0.3, 0.4) is 0 Å². The lowest BCUT2D eigenvalue weighted by molar-refractivity contribution is 0.808. The van der Waals surface area contributed by atoms with Gasteiger partial charge in [-0.1, -0.05) is 6.92 Å². The molecule has 2 aromatic heterocycles. The largest absolute Gasteiger partial charge is 0.316 e. The maximum absolute atomic E-state index is 4.31. The Labute approximate surface area is 95.4 Å². The first-order valence-corrected chi connectivity index (χ1v) is 5.46. The van der Waals surface area contributed by atoms with Crippen molar-refractivity contribution in [2.75, 3.05) is 7.05 Å². The third kappa shape index (κ3) is 2.12. The molecule has 0 saturated carbocycles. The second kappa shape index (κ2) is 4.90. The van der Waals surface area contributed by atoms with Crippen molar-refractivity contribution in [1.29, 1.82) is 0 Å². The lowest BCUT2D eigenvalue weighted by Gasteiger charge is -2.07. The molecule has 84 valence electrons. The van der Waals surface area contributed by atoms with Crippen LogP contribution in [0.25, 0.3) is 5.69 Å². The van der Waals surface area contributed by atoms with Crippen LogP contribution in [0.4, 0.5) is 0 Å². The van der Waals surface area contributed by atoms with Gasteiger partial charge in [-0.15, -0.1) is 0 Å². The highest BCUT2D eigenvalue weighted by atomic mass is 15.1. The first-order valence-electron chi connectivity index (χ1n) is 5.46. The number of imidazole rings is 1. The molecule has 0 spiro atoms. The number of aryl methyl sites for hydroxylation is 1. The molecule has 16 heavy (non-hydrogen) atoms. The normalized spacial score (nSPS) is 10.6. The van der Waals surface area contributed by atoms with Crippen LogP contribution in [-0.4, -0.2) is 21.6 Å². The summed E-state index contributed by atoms with van der Waals surface area (Å²) in [5, 5.41) is 3.12. The zero-order valence-corrected chi connectivity index (χ0v) is 9.64. The second-order valence-corrected chi connectivity index (χ2v) is 3.65. The van der Waals surface area contributed by atoms with Crippen LogP contribution in [0, 0.1) is 0 Å². The van der Waals surface area contributed by atoms with Gasteiger partial charge in [0.05, 0.1) is 11.9 Å². The van der Waals surface area contributed by atoms with E-state index < -0.39 is 0 Å². The maximum atomic E-state index is 4.31. The standard InChI is InChI=1S/C12H16N4/c1-3-12-15-4-5-16(12)11-6-10(7-13-2)8-14-9-11/h4-6,8-9,13H,3,7H2,1-2H3. The number of nitrogens with one attached hydrogen (secondary N) is 1. The number of nitrogens with zero attached hydrogens (tertiary/aromatic N) is 3. The van der Waals surface area contributed by atoms with Gasteiger partial charge < -0.3 is 9.88 Å². The summed E-state index contributed by atoms with van der Waals surface area (Å²) >= 11 is 0. The molecule has 0 aliphatic carbocycles. The fourth-order valence-corrected chi connectivity index (χ4v) is 1.74. The zero-order valence-electron chi connectivity index (χ0n) is 9.64. The minimum absolute atomic E-state index is 0.830. The first-order chi connectivity index (χ1) is 7.85. The smallest absolute Gasteiger partial charge is 0.112 e. The third-order valence-corrected chi connectivity index (χ3v) is 2.47. The van der Waals surface area contributed by atoms with Gasteiger partial charge in [-0.25, -0.2) is 4.98 Å². The molecule has 2 rings (SSSR count). The molecule has 2 aromatic rings. The Morgan fingerprint density at radius 1 is 1.38 bits per heavy atom. The molecule has 0 fully saturated rings. The summed E-state index contributed by atoms with van der Waals surface area (Å²) in [5.74, 6) is 1.06. The molecule has 0 unspecified atom stereocenters. The molecule has 0 atom stereocenters. The monoisotopic (exact) mass is 216 g/mol. The summed E-state index contributed by atoms with van der Waals surface area (Å²) in [6, 6.07) is 2.13. The molecule has 0 aromatic carbocycles. The minimum atomic E-state index is 0.830. The van der Waals surface area contributed by atoms with E-state index >= 15 is 0 Å². The van der Waals surface area contributed by atoms with Crippen molar-refractivity contribution in [2.24, 2.45) is 0 Å². The summed E-state index contributed by atoms with van der Waals surface area (Å²) in [5.41, 5.74) is 2.25. The molecule has 0 saturated heterocycles. The van der Waals surface area contributed by atoms with Crippen LogP contribution < -0.4 is 5.32 Å². The van der Waals surface area contributed by atoms with Gasteiger partial charge in [0.1, 0.15) is 5.82 Å². The predicted octanol–water partition coefficient (Wildman–Crippen LogP) is 1.55. The van der Waals surface area contributed by atoms with Crippen molar-refractivity contribution in [1.82, 2.24) is 19.9 Å². The average molecular weight is 216 g/mol. The van der Waals surface area contributed by atoms with Crippen LogP contribution in [0.1, 0.15) is 18.3 Å². The molecule has 4 heteroatoms. The Bertz CT molecular complexity index is 462. The molecule has 1 N–H and O–H groups in total. The van der Waals surface area contributed by atoms with Gasteiger partial charge >= 0.3 is 0 Å². The highest BCUT2D eigenvalue weighted by Crippen LogP contribution is 2.11. The Kier molecular flexibility index (Phi) is 3.31. The zero-order chi connectivity index (χ0) is 11.4. The topological polar surface area (TPSA) is 42.7 Å². The van der Waals surface area contributed by atoms with Gasteiger partial charge in [0, 0.05) is 31.6 Å². The highest BCUT2D eigenvalue weighted by molar-refractivity contribution is 5.33. The minimum Gasteiger partial charge on any atom is -0.316 e. The summed E-state index contributed by atoms with van der Waals surface area (Å²) in [7, 11) is 1.93. The molecule has 2 heterocycles. The van der Waals surface area contributed by atoms with Gasteiger partial charge in [0.15, 0.2) is 0 Å². The van der Waals surface area contributed by atoms with Crippen molar-refractivity contribution >= 4 is 0 Å². The molecular weight excluding hydrogens is 200 g/mol. The predicted molar refractivity (Wildman–Crippen MR) is 63.5 cm³/mol. The molecular formula is C12H16N4. The second-order valence-electron chi connectivity index (χ2n) is 3.65. The van der Waals surface area contributed by atoms with Gasteiger partial charge in [0.25, 0.3) is 0 Å². The molecule has 0 amide bonds. The summed E-state index contributed by atoms with van der Waals surface area (Å²) in [6.45, 7) is 2.93. The fraction of sp³-hybridized carbons (Fsp3) is 0.333. The molecule has 0 aliphatic heterocycles. The van der Waals surface area contributed by atoms with Crippen molar-refractivity contribution in [3.05, 3.63) is 42.2 Å². The first kappa shape index (κ1) is 10.8. The summed E-state index contributed by atoms with van der Waals surface area (Å²) < 4.78 is 2.08. The number of aromatic nitrogens is 3. The van der Waals surface area contributed by atoms with Gasteiger partial charge in [-0.05, 0) is 18.7 Å². The Balaban J connectivity index is 2.36. The van der Waals surface area contributed by atoms with Crippen molar-refractivity contribution in [3.8, 4) is 5.69 Å². The number of pyridine rings is 1. The van der Waals surface area contributed by atoms with E-state index in [9.17, 15) is 0 Å². The van der Waals surface area contributed by atoms with Crippen LogP contribution in [0.15, 0.2) is 30.9 Å². The van der Waals surface area contributed by atoms with E-state index in [1.54, 1.807) is 0 Å². The van der Waals surface area contributed by atoms with E-state index in [1.165, 1.54) is 5.56 Å². The van der Waals surface area contributed by atoms with E-state index in [2.05, 4.69) is 32.8 Å². The third-order valence-electron chi connectivity index (χ3n) is 2.47.